The summed E-state index contributed by atoms with van der Waals surface area (Å²) in [6.45, 7) is 0. The molecular weight excluding hydrogens is 400 g/mol. The monoisotopic (exact) mass is 422 g/mol. The maximum absolute atomic E-state index is 2.60. The van der Waals surface area contributed by atoms with Gasteiger partial charge in [-0.05, 0) is 35.4 Å². The molecule has 0 radical (unpaired) electrons. The number of hydrogen-bond acceptors (Lipinski definition) is 0. The largest absolute Gasteiger partial charge is 0.269 e. The van der Waals surface area contributed by atoms with E-state index in [1.165, 1.54) is 44.8 Å². The van der Waals surface area contributed by atoms with E-state index in [0.29, 0.717) is 12.0 Å². The van der Waals surface area contributed by atoms with E-state index < -0.39 is 0 Å². The van der Waals surface area contributed by atoms with Crippen LogP contribution >= 0.6 is 0 Å². The first-order chi connectivity index (χ1) is 16.4. The van der Waals surface area contributed by atoms with Crippen LogP contribution < -0.4 is 9.13 Å². The number of hydrogen-bond donors (Lipinski definition) is 0. The van der Waals surface area contributed by atoms with Crippen molar-refractivity contribution in [1.29, 1.82) is 0 Å². The summed E-state index contributed by atoms with van der Waals surface area (Å²) in [5, 5.41) is 0. The highest BCUT2D eigenvalue weighted by Crippen LogP contribution is 2.70. The zero-order valence-electron chi connectivity index (χ0n) is 18.1. The van der Waals surface area contributed by atoms with Gasteiger partial charge in [-0.3, -0.25) is 0 Å². The van der Waals surface area contributed by atoms with E-state index in [-0.39, 0.29) is 5.54 Å². The number of rotatable bonds is 1. The lowest BCUT2D eigenvalue weighted by Crippen LogP contribution is -2.51. The van der Waals surface area contributed by atoms with Gasteiger partial charge in [0.1, 0.15) is 5.92 Å². The van der Waals surface area contributed by atoms with E-state index in [9.17, 15) is 0 Å². The van der Waals surface area contributed by atoms with E-state index >= 15 is 0 Å². The molecular formula is C31H22N2+2. The number of benzene rings is 3. The predicted octanol–water partition coefficient (Wildman–Crippen LogP) is 5.67. The summed E-state index contributed by atoms with van der Waals surface area (Å²) >= 11 is 0. The van der Waals surface area contributed by atoms with Crippen LogP contribution in [0.15, 0.2) is 122 Å². The zero-order valence-corrected chi connectivity index (χ0v) is 18.1. The van der Waals surface area contributed by atoms with Gasteiger partial charge in [0.15, 0.2) is 12.4 Å². The van der Waals surface area contributed by atoms with Crippen molar-refractivity contribution < 1.29 is 9.13 Å². The molecule has 3 atom stereocenters. The lowest BCUT2D eigenvalue weighted by atomic mass is 9.93. The predicted molar refractivity (Wildman–Crippen MR) is 128 cm³/mol. The van der Waals surface area contributed by atoms with E-state index in [2.05, 4.69) is 131 Å². The van der Waals surface area contributed by atoms with Crippen molar-refractivity contribution in [3.05, 3.63) is 133 Å². The smallest absolute Gasteiger partial charge is 0.187 e. The van der Waals surface area contributed by atoms with Gasteiger partial charge in [0.05, 0.1) is 11.1 Å². The van der Waals surface area contributed by atoms with Crippen LogP contribution in [0.4, 0.5) is 0 Å². The average Bonchev–Trinajstić information content (AvgIpc) is 3.52. The Morgan fingerprint density at radius 2 is 1.33 bits per heavy atom. The maximum atomic E-state index is 2.60. The molecule has 1 aliphatic carbocycles. The van der Waals surface area contributed by atoms with Crippen LogP contribution in [0.25, 0.3) is 33.6 Å². The zero-order chi connectivity index (χ0) is 21.6. The molecule has 1 spiro atoms. The molecule has 4 heterocycles. The van der Waals surface area contributed by atoms with Crippen molar-refractivity contribution >= 4 is 0 Å². The van der Waals surface area contributed by atoms with Crippen LogP contribution in [-0.2, 0) is 5.54 Å². The van der Waals surface area contributed by atoms with Gasteiger partial charge in [-0.2, -0.15) is 9.13 Å². The molecule has 2 nitrogen and oxygen atoms in total. The first-order valence-corrected chi connectivity index (χ1v) is 11.7. The molecule has 33 heavy (non-hydrogen) atoms. The number of aromatic nitrogens is 2. The molecule has 0 amide bonds. The van der Waals surface area contributed by atoms with Crippen LogP contribution in [0.2, 0.25) is 0 Å². The fourth-order valence-corrected chi connectivity index (χ4v) is 6.70. The molecule has 2 heteroatoms. The van der Waals surface area contributed by atoms with E-state index in [0.717, 1.165) is 0 Å². The maximum Gasteiger partial charge on any atom is 0.269 e. The molecule has 1 fully saturated rings. The van der Waals surface area contributed by atoms with Crippen LogP contribution in [0.5, 0.6) is 0 Å². The summed E-state index contributed by atoms with van der Waals surface area (Å²) in [6, 6.07) is 40.3. The highest BCUT2D eigenvalue weighted by atomic mass is 15.3. The lowest BCUT2D eigenvalue weighted by molar-refractivity contribution is -0.771. The Morgan fingerprint density at radius 3 is 2.24 bits per heavy atom. The Bertz CT molecular complexity index is 1530. The second-order valence-electron chi connectivity index (χ2n) is 9.41. The summed E-state index contributed by atoms with van der Waals surface area (Å²) in [5.41, 5.74) is 10.7. The third-order valence-electron chi connectivity index (χ3n) is 7.98. The normalized spacial score (nSPS) is 22.7. The van der Waals surface area contributed by atoms with Gasteiger partial charge in [0.2, 0.25) is 17.4 Å². The average molecular weight is 423 g/mol. The quantitative estimate of drug-likeness (QED) is 0.308. The second-order valence-corrected chi connectivity index (χ2v) is 9.41. The standard InChI is InChI=1S/C31H22N2/c1-2-10-21(11-3-1)22-17-18-28-25-14-6-7-15-26(25)31(33(28)20-22)29-24-13-5-4-12-23(24)27-16-8-9-19-32(27)30(29)31/h1-20,29-30H/q+2. The minimum absolute atomic E-state index is 0.107. The summed E-state index contributed by atoms with van der Waals surface area (Å²) in [4.78, 5) is 0. The van der Waals surface area contributed by atoms with E-state index in [1.807, 2.05) is 0 Å². The van der Waals surface area contributed by atoms with Crippen molar-refractivity contribution in [1.82, 2.24) is 0 Å². The SMILES string of the molecule is c1ccc(-c2ccc3[n+](c2)C2(c4ccccc4-3)C3c4ccccc4-c4cccc[n+]4C32)cc1. The fourth-order valence-electron chi connectivity index (χ4n) is 6.70. The third-order valence-corrected chi connectivity index (χ3v) is 7.98. The molecule has 3 unspecified atom stereocenters. The van der Waals surface area contributed by atoms with Crippen molar-refractivity contribution in [2.45, 2.75) is 17.5 Å². The van der Waals surface area contributed by atoms with E-state index in [1.54, 1.807) is 0 Å². The Morgan fingerprint density at radius 1 is 0.576 bits per heavy atom. The number of nitrogens with zero attached hydrogens (tertiary/aromatic N) is 2. The minimum atomic E-state index is -0.107. The Hall–Kier alpha value is -4.04. The molecule has 154 valence electrons. The molecule has 0 N–H and O–H groups in total. The van der Waals surface area contributed by atoms with Crippen molar-refractivity contribution in [3.63, 3.8) is 0 Å². The molecule has 1 saturated carbocycles. The van der Waals surface area contributed by atoms with Crippen molar-refractivity contribution in [2.75, 3.05) is 0 Å². The van der Waals surface area contributed by atoms with Gasteiger partial charge in [-0.15, -0.1) is 0 Å². The highest BCUT2D eigenvalue weighted by molar-refractivity contribution is 5.74. The molecule has 2 aromatic heterocycles. The lowest BCUT2D eigenvalue weighted by Gasteiger charge is -2.11. The molecule has 8 rings (SSSR count). The third kappa shape index (κ3) is 2.05. The topological polar surface area (TPSA) is 7.76 Å². The minimum Gasteiger partial charge on any atom is -0.187 e. The summed E-state index contributed by atoms with van der Waals surface area (Å²) < 4.78 is 5.13. The molecule has 0 saturated heterocycles. The van der Waals surface area contributed by atoms with Gasteiger partial charge in [0, 0.05) is 29.3 Å². The fraction of sp³-hybridized carbons (Fsp3) is 0.0968. The molecule has 2 aliphatic heterocycles. The van der Waals surface area contributed by atoms with Gasteiger partial charge in [-0.25, -0.2) is 0 Å². The molecule has 0 bridgehead atoms. The van der Waals surface area contributed by atoms with Gasteiger partial charge in [0.25, 0.3) is 5.54 Å². The van der Waals surface area contributed by atoms with E-state index in [4.69, 9.17) is 0 Å². The van der Waals surface area contributed by atoms with Crippen LogP contribution in [0.3, 0.4) is 0 Å². The Kier molecular flexibility index (Phi) is 3.21. The van der Waals surface area contributed by atoms with Crippen molar-refractivity contribution in [3.8, 4) is 33.6 Å². The first-order valence-electron chi connectivity index (χ1n) is 11.7. The van der Waals surface area contributed by atoms with Crippen LogP contribution in [-0.4, -0.2) is 0 Å². The van der Waals surface area contributed by atoms with Gasteiger partial charge in [-0.1, -0.05) is 66.7 Å². The van der Waals surface area contributed by atoms with Crippen molar-refractivity contribution in [2.24, 2.45) is 0 Å². The summed E-state index contributed by atoms with van der Waals surface area (Å²) in [6.07, 6.45) is 4.68. The highest BCUT2D eigenvalue weighted by Gasteiger charge is 2.85. The Labute approximate surface area is 193 Å². The van der Waals surface area contributed by atoms with Crippen LogP contribution in [0.1, 0.15) is 23.1 Å². The molecule has 3 aromatic carbocycles. The summed E-state index contributed by atoms with van der Waals surface area (Å²) in [7, 11) is 0. The van der Waals surface area contributed by atoms with Gasteiger partial charge >= 0.3 is 0 Å². The molecule has 5 aromatic rings. The Balaban J connectivity index is 1.45. The second kappa shape index (κ2) is 6.05. The van der Waals surface area contributed by atoms with Gasteiger partial charge < -0.3 is 0 Å². The molecule has 3 aliphatic rings. The number of pyridine rings is 2. The van der Waals surface area contributed by atoms with Crippen LogP contribution in [0, 0.1) is 0 Å². The number of fused-ring (bicyclic) bond motifs is 13. The first kappa shape index (κ1) is 17.5. The summed E-state index contributed by atoms with van der Waals surface area (Å²) in [5.74, 6) is 0.409.